The highest BCUT2D eigenvalue weighted by Gasteiger charge is 2.42. The summed E-state index contributed by atoms with van der Waals surface area (Å²) in [6, 6.07) is 19.0. The number of esters is 1. The molecule has 0 amide bonds. The molecule has 2 aliphatic rings. The summed E-state index contributed by atoms with van der Waals surface area (Å²) in [5.41, 5.74) is 3.43. The lowest BCUT2D eigenvalue weighted by atomic mass is 9.71. The molecule has 0 radical (unpaired) electrons. The van der Waals surface area contributed by atoms with Gasteiger partial charge in [-0.1, -0.05) is 42.5 Å². The van der Waals surface area contributed by atoms with Crippen LogP contribution in [-0.4, -0.2) is 30.3 Å². The number of alkyl halides is 3. The maximum Gasteiger partial charge on any atom is 0.573 e. The fraction of sp³-hybridized carbons (Fsp3) is 0.250. The Labute approximate surface area is 240 Å². The van der Waals surface area contributed by atoms with Gasteiger partial charge in [0.25, 0.3) is 0 Å². The Kier molecular flexibility index (Phi) is 7.98. The number of phenols is 1. The molecule has 2 N–H and O–H groups in total. The van der Waals surface area contributed by atoms with E-state index >= 15 is 0 Å². The molecule has 0 bridgehead atoms. The second-order valence-corrected chi connectivity index (χ2v) is 10.1. The number of carbonyl (C=O) groups excluding carboxylic acids is 2. The molecule has 1 aliphatic carbocycles. The van der Waals surface area contributed by atoms with Gasteiger partial charge in [-0.05, 0) is 60.4 Å². The van der Waals surface area contributed by atoms with Gasteiger partial charge < -0.3 is 24.6 Å². The number of ketones is 1. The molecular formula is C32H28F3NO6. The number of methoxy groups -OCH3 is 1. The average Bonchev–Trinajstić information content (AvgIpc) is 2.94. The maximum absolute atomic E-state index is 13.8. The molecule has 2 unspecified atom stereocenters. The number of halogens is 3. The summed E-state index contributed by atoms with van der Waals surface area (Å²) in [4.78, 5) is 27.4. The van der Waals surface area contributed by atoms with Gasteiger partial charge in [-0.2, -0.15) is 0 Å². The Bertz CT molecular complexity index is 1590. The first-order chi connectivity index (χ1) is 20.0. The Morgan fingerprint density at radius 1 is 1.02 bits per heavy atom. The Balaban J connectivity index is 1.46. The summed E-state index contributed by atoms with van der Waals surface area (Å²) < 4.78 is 53.0. The highest BCUT2D eigenvalue weighted by Crippen LogP contribution is 2.47. The largest absolute Gasteiger partial charge is 0.573 e. The van der Waals surface area contributed by atoms with E-state index in [0.717, 1.165) is 17.7 Å². The van der Waals surface area contributed by atoms with Crippen LogP contribution in [0.1, 0.15) is 48.3 Å². The van der Waals surface area contributed by atoms with Gasteiger partial charge in [0.2, 0.25) is 0 Å². The first-order valence-corrected chi connectivity index (χ1v) is 13.2. The van der Waals surface area contributed by atoms with Crippen LogP contribution in [-0.2, 0) is 20.9 Å². The lowest BCUT2D eigenvalue weighted by Gasteiger charge is -2.37. The van der Waals surface area contributed by atoms with Crippen LogP contribution in [0.4, 0.5) is 13.2 Å². The van der Waals surface area contributed by atoms with Gasteiger partial charge in [-0.15, -0.1) is 13.2 Å². The third-order valence-electron chi connectivity index (χ3n) is 7.33. The molecule has 1 heterocycles. The van der Waals surface area contributed by atoms with Crippen LogP contribution in [0.5, 0.6) is 17.2 Å². The second-order valence-electron chi connectivity index (χ2n) is 10.1. The fourth-order valence-electron chi connectivity index (χ4n) is 5.63. The van der Waals surface area contributed by atoms with E-state index in [0.29, 0.717) is 34.7 Å². The van der Waals surface area contributed by atoms with Crippen LogP contribution < -0.4 is 14.8 Å². The minimum Gasteiger partial charge on any atom is -0.508 e. The van der Waals surface area contributed by atoms with Gasteiger partial charge in [0, 0.05) is 35.2 Å². The van der Waals surface area contributed by atoms with E-state index in [4.69, 9.17) is 9.47 Å². The number of hydrogen-bond acceptors (Lipinski definition) is 7. The van der Waals surface area contributed by atoms with Gasteiger partial charge in [0.1, 0.15) is 23.9 Å². The van der Waals surface area contributed by atoms with Crippen molar-refractivity contribution in [3.63, 3.8) is 0 Å². The van der Waals surface area contributed by atoms with Gasteiger partial charge >= 0.3 is 12.3 Å². The smallest absolute Gasteiger partial charge is 0.508 e. The standard InChI is InChI=1S/C32H28F3NO6/c1-18-28(31(39)41-17-19-7-5-10-23(13-19)42-32(33,34)35)29(20-8-6-9-22(37)14-20)30-25(36-18)15-21(16-26(30)38)24-11-3-4-12-27(24)40-2/h3-14,21,29,36-37H,15-17H2,1-2H3. The molecular weight excluding hydrogens is 551 g/mol. The molecule has 0 saturated carbocycles. The van der Waals surface area contributed by atoms with Crippen molar-refractivity contribution in [1.29, 1.82) is 0 Å². The van der Waals surface area contributed by atoms with Crippen molar-refractivity contribution in [2.75, 3.05) is 7.11 Å². The molecule has 0 saturated heterocycles. The van der Waals surface area contributed by atoms with Crippen molar-refractivity contribution >= 4 is 11.8 Å². The Hall–Kier alpha value is -4.73. The molecule has 0 aromatic heterocycles. The van der Waals surface area contributed by atoms with Gasteiger partial charge in [0.15, 0.2) is 5.78 Å². The van der Waals surface area contributed by atoms with Crippen molar-refractivity contribution in [3.05, 3.63) is 112 Å². The second kappa shape index (κ2) is 11.6. The number of ether oxygens (including phenoxy) is 3. The fourth-order valence-corrected chi connectivity index (χ4v) is 5.63. The number of hydrogen-bond donors (Lipinski definition) is 2. The maximum atomic E-state index is 13.8. The molecule has 0 spiro atoms. The molecule has 5 rings (SSSR count). The molecule has 42 heavy (non-hydrogen) atoms. The number of Topliss-reactive ketones (excluding diaryl/α,β-unsaturated/α-hetero) is 1. The summed E-state index contributed by atoms with van der Waals surface area (Å²) in [6.07, 6.45) is -4.19. The van der Waals surface area contributed by atoms with E-state index in [1.165, 1.54) is 24.3 Å². The topological polar surface area (TPSA) is 94.1 Å². The Morgan fingerprint density at radius 2 is 1.79 bits per heavy atom. The van der Waals surface area contributed by atoms with E-state index in [1.807, 2.05) is 24.3 Å². The van der Waals surface area contributed by atoms with Crippen LogP contribution in [0.25, 0.3) is 0 Å². The summed E-state index contributed by atoms with van der Waals surface area (Å²) in [5, 5.41) is 13.5. The molecule has 3 aromatic carbocycles. The molecule has 7 nitrogen and oxygen atoms in total. The zero-order valence-corrected chi connectivity index (χ0v) is 22.8. The highest BCUT2D eigenvalue weighted by molar-refractivity contribution is 6.04. The number of allylic oxidation sites excluding steroid dienone is 3. The number of aromatic hydroxyl groups is 1. The summed E-state index contributed by atoms with van der Waals surface area (Å²) in [6.45, 7) is 1.37. The van der Waals surface area contributed by atoms with Crippen LogP contribution in [0.3, 0.4) is 0 Å². The molecule has 2 atom stereocenters. The third-order valence-corrected chi connectivity index (χ3v) is 7.33. The van der Waals surface area contributed by atoms with Crippen molar-refractivity contribution in [2.24, 2.45) is 0 Å². The van der Waals surface area contributed by atoms with Gasteiger partial charge in [0.05, 0.1) is 12.7 Å². The summed E-state index contributed by atoms with van der Waals surface area (Å²) in [7, 11) is 1.58. The van der Waals surface area contributed by atoms with E-state index in [2.05, 4.69) is 10.1 Å². The zero-order valence-electron chi connectivity index (χ0n) is 22.8. The zero-order chi connectivity index (χ0) is 30.0. The number of benzene rings is 3. The average molecular weight is 580 g/mol. The minimum absolute atomic E-state index is 0.0322. The Morgan fingerprint density at radius 3 is 2.52 bits per heavy atom. The van der Waals surface area contributed by atoms with E-state index in [9.17, 15) is 27.9 Å². The number of phenolic OH excluding ortho intramolecular Hbond substituents is 1. The van der Waals surface area contributed by atoms with E-state index in [1.54, 1.807) is 26.2 Å². The molecule has 218 valence electrons. The first kappa shape index (κ1) is 28.8. The monoisotopic (exact) mass is 579 g/mol. The van der Waals surface area contributed by atoms with Crippen molar-refractivity contribution in [3.8, 4) is 17.2 Å². The lowest BCUT2D eigenvalue weighted by molar-refractivity contribution is -0.274. The van der Waals surface area contributed by atoms with Crippen LogP contribution >= 0.6 is 0 Å². The van der Waals surface area contributed by atoms with Crippen LogP contribution in [0, 0.1) is 0 Å². The minimum atomic E-state index is -4.86. The summed E-state index contributed by atoms with van der Waals surface area (Å²) >= 11 is 0. The molecule has 3 aromatic rings. The van der Waals surface area contributed by atoms with Gasteiger partial charge in [-0.3, -0.25) is 4.79 Å². The molecule has 0 fully saturated rings. The SMILES string of the molecule is COc1ccccc1C1CC(=O)C2=C(C1)NC(C)=C(C(=O)OCc1cccc(OC(F)(F)F)c1)C2c1cccc(O)c1. The number of nitrogens with one attached hydrogen (secondary N) is 1. The van der Waals surface area contributed by atoms with E-state index < -0.39 is 24.0 Å². The summed E-state index contributed by atoms with van der Waals surface area (Å²) in [5.74, 6) is -1.68. The number of carbonyl (C=O) groups is 2. The molecule has 1 aliphatic heterocycles. The van der Waals surface area contributed by atoms with Crippen LogP contribution in [0.2, 0.25) is 0 Å². The van der Waals surface area contributed by atoms with Crippen molar-refractivity contribution in [2.45, 2.75) is 44.6 Å². The first-order valence-electron chi connectivity index (χ1n) is 13.2. The van der Waals surface area contributed by atoms with Crippen LogP contribution in [0.15, 0.2) is 95.3 Å². The predicted molar refractivity (Wildman–Crippen MR) is 147 cm³/mol. The number of dihydropyridines is 1. The predicted octanol–water partition coefficient (Wildman–Crippen LogP) is 6.40. The lowest BCUT2D eigenvalue weighted by Crippen LogP contribution is -2.36. The highest BCUT2D eigenvalue weighted by atomic mass is 19.4. The van der Waals surface area contributed by atoms with Crippen molar-refractivity contribution in [1.82, 2.24) is 5.32 Å². The van der Waals surface area contributed by atoms with Crippen molar-refractivity contribution < 1.29 is 42.1 Å². The normalized spacial score (nSPS) is 18.7. The van der Waals surface area contributed by atoms with Gasteiger partial charge in [-0.25, -0.2) is 4.79 Å². The molecule has 10 heteroatoms. The number of para-hydroxylation sites is 1. The quantitative estimate of drug-likeness (QED) is 0.313. The number of rotatable bonds is 7. The third kappa shape index (κ3) is 6.12. The van der Waals surface area contributed by atoms with E-state index in [-0.39, 0.29) is 41.6 Å².